The highest BCUT2D eigenvalue weighted by Gasteiger charge is 2.15. The lowest BCUT2D eigenvalue weighted by Crippen LogP contribution is -2.10. The van der Waals surface area contributed by atoms with E-state index in [1.54, 1.807) is 0 Å². The summed E-state index contributed by atoms with van der Waals surface area (Å²) in [5.41, 5.74) is 6.62. The van der Waals surface area contributed by atoms with Crippen LogP contribution in [0.25, 0.3) is 22.0 Å². The molecule has 2 nitrogen and oxygen atoms in total. The molecule has 0 atom stereocenters. The Morgan fingerprint density at radius 1 is 0.958 bits per heavy atom. The van der Waals surface area contributed by atoms with Crippen molar-refractivity contribution in [1.82, 2.24) is 4.98 Å². The number of rotatable bonds is 2. The van der Waals surface area contributed by atoms with Crippen molar-refractivity contribution in [3.05, 3.63) is 64.8 Å². The van der Waals surface area contributed by atoms with Crippen LogP contribution in [-0.4, -0.2) is 10.1 Å². The summed E-state index contributed by atoms with van der Waals surface area (Å²) in [6.45, 7) is 10.8. The van der Waals surface area contributed by atoms with Crippen LogP contribution in [0.15, 0.2) is 42.5 Å². The van der Waals surface area contributed by atoms with E-state index in [4.69, 9.17) is 4.98 Å². The molecule has 0 radical (unpaired) electrons. The van der Waals surface area contributed by atoms with Crippen molar-refractivity contribution in [2.24, 2.45) is 0 Å². The van der Waals surface area contributed by atoms with Crippen molar-refractivity contribution in [3.63, 3.8) is 0 Å². The van der Waals surface area contributed by atoms with Gasteiger partial charge in [0.15, 0.2) is 0 Å². The van der Waals surface area contributed by atoms with Crippen LogP contribution < -0.4 is 0 Å². The first-order valence-corrected chi connectivity index (χ1v) is 8.42. The molecule has 2 heteroatoms. The Hall–Kier alpha value is -2.19. The molecule has 0 fully saturated rings. The fraction of sp³-hybridized carbons (Fsp3) is 0.318. The molecule has 3 rings (SSSR count). The molecule has 1 N–H and O–H groups in total. The third-order valence-electron chi connectivity index (χ3n) is 4.70. The molecule has 0 aliphatic heterocycles. The molecule has 124 valence electrons. The predicted octanol–water partition coefficient (Wildman–Crippen LogP) is 5.31. The van der Waals surface area contributed by atoms with Crippen molar-refractivity contribution in [2.75, 3.05) is 0 Å². The number of fused-ring (bicyclic) bond motifs is 1. The monoisotopic (exact) mass is 319 g/mol. The fourth-order valence-corrected chi connectivity index (χ4v) is 3.01. The smallest absolute Gasteiger partial charge is 0.0859 e. The Morgan fingerprint density at radius 2 is 1.67 bits per heavy atom. The minimum absolute atomic E-state index is 0.0498. The van der Waals surface area contributed by atoms with Gasteiger partial charge in [0.2, 0.25) is 0 Å². The first-order valence-electron chi connectivity index (χ1n) is 8.42. The van der Waals surface area contributed by atoms with E-state index >= 15 is 0 Å². The van der Waals surface area contributed by atoms with Crippen LogP contribution in [0.4, 0.5) is 0 Å². The van der Waals surface area contributed by atoms with E-state index < -0.39 is 0 Å². The largest absolute Gasteiger partial charge is 0.390 e. The predicted molar refractivity (Wildman–Crippen MR) is 101 cm³/mol. The van der Waals surface area contributed by atoms with Gasteiger partial charge in [-0.2, -0.15) is 0 Å². The lowest BCUT2D eigenvalue weighted by Gasteiger charge is -2.20. The van der Waals surface area contributed by atoms with Gasteiger partial charge in [-0.05, 0) is 59.5 Å². The van der Waals surface area contributed by atoms with Gasteiger partial charge in [-0.3, -0.25) is 0 Å². The molecular weight excluding hydrogens is 294 g/mol. The molecular formula is C22H25NO. The Balaban J connectivity index is 2.22. The van der Waals surface area contributed by atoms with Crippen LogP contribution in [0, 0.1) is 13.8 Å². The number of aliphatic hydroxyl groups is 1. The Labute approximate surface area is 144 Å². The van der Waals surface area contributed by atoms with E-state index in [9.17, 15) is 5.11 Å². The molecule has 0 bridgehead atoms. The van der Waals surface area contributed by atoms with Gasteiger partial charge < -0.3 is 5.11 Å². The number of aliphatic hydroxyl groups excluding tert-OH is 1. The maximum atomic E-state index is 9.79. The van der Waals surface area contributed by atoms with Crippen molar-refractivity contribution >= 4 is 10.8 Å². The number of aromatic nitrogens is 1. The van der Waals surface area contributed by atoms with Gasteiger partial charge in [0, 0.05) is 10.9 Å². The zero-order valence-electron chi connectivity index (χ0n) is 15.1. The van der Waals surface area contributed by atoms with Gasteiger partial charge in [-0.1, -0.05) is 45.0 Å². The third kappa shape index (κ3) is 3.07. The van der Waals surface area contributed by atoms with Crippen molar-refractivity contribution in [1.29, 1.82) is 0 Å². The van der Waals surface area contributed by atoms with Crippen LogP contribution in [0.1, 0.15) is 43.2 Å². The molecule has 0 amide bonds. The molecule has 24 heavy (non-hydrogen) atoms. The normalized spacial score (nSPS) is 11.9. The first kappa shape index (κ1) is 16.7. The molecule has 0 aliphatic rings. The molecule has 0 spiro atoms. The number of aryl methyl sites for hydroxylation is 2. The summed E-state index contributed by atoms with van der Waals surface area (Å²) in [6.07, 6.45) is 0. The molecule has 0 aliphatic carbocycles. The molecule has 1 aromatic heterocycles. The SMILES string of the molecule is Cc1cc2cc(-c3cccc(C(C)(C)C)c3)nc(CO)c2cc1C. The Morgan fingerprint density at radius 3 is 2.33 bits per heavy atom. The summed E-state index contributed by atoms with van der Waals surface area (Å²) in [5.74, 6) is 0. The van der Waals surface area contributed by atoms with Gasteiger partial charge in [-0.15, -0.1) is 0 Å². The number of benzene rings is 2. The molecule has 1 heterocycles. The second-order valence-electron chi connectivity index (χ2n) is 7.60. The standard InChI is InChI=1S/C22H25NO/c1-14-9-17-12-20(23-21(13-24)19(17)10-15(14)2)16-7-6-8-18(11-16)22(3,4)5/h6-12,24H,13H2,1-5H3. The number of hydrogen-bond acceptors (Lipinski definition) is 2. The van der Waals surface area contributed by atoms with Crippen molar-refractivity contribution in [3.8, 4) is 11.3 Å². The quantitative estimate of drug-likeness (QED) is 0.694. The summed E-state index contributed by atoms with van der Waals surface area (Å²) in [6, 6.07) is 15.0. The third-order valence-corrected chi connectivity index (χ3v) is 4.70. The van der Waals surface area contributed by atoms with Crippen LogP contribution >= 0.6 is 0 Å². The van der Waals surface area contributed by atoms with E-state index in [1.165, 1.54) is 16.7 Å². The van der Waals surface area contributed by atoms with Crippen molar-refractivity contribution in [2.45, 2.75) is 46.6 Å². The van der Waals surface area contributed by atoms with Crippen LogP contribution in [0.2, 0.25) is 0 Å². The van der Waals surface area contributed by atoms with Crippen molar-refractivity contribution < 1.29 is 5.11 Å². The fourth-order valence-electron chi connectivity index (χ4n) is 3.01. The van der Waals surface area contributed by atoms with E-state index in [-0.39, 0.29) is 12.0 Å². The zero-order valence-corrected chi connectivity index (χ0v) is 15.1. The maximum Gasteiger partial charge on any atom is 0.0859 e. The average molecular weight is 319 g/mol. The second-order valence-corrected chi connectivity index (χ2v) is 7.60. The van der Waals surface area contributed by atoms with E-state index in [0.717, 1.165) is 27.7 Å². The first-order chi connectivity index (χ1) is 11.3. The highest BCUT2D eigenvalue weighted by atomic mass is 16.3. The van der Waals surface area contributed by atoms with E-state index in [2.05, 4.69) is 77.1 Å². The minimum atomic E-state index is -0.0498. The van der Waals surface area contributed by atoms with E-state index in [0.29, 0.717) is 0 Å². The van der Waals surface area contributed by atoms with Crippen LogP contribution in [-0.2, 0) is 12.0 Å². The van der Waals surface area contributed by atoms with Gasteiger partial charge >= 0.3 is 0 Å². The minimum Gasteiger partial charge on any atom is -0.390 e. The Kier molecular flexibility index (Phi) is 4.18. The Bertz CT molecular complexity index is 904. The maximum absolute atomic E-state index is 9.79. The molecule has 0 unspecified atom stereocenters. The molecule has 3 aromatic rings. The highest BCUT2D eigenvalue weighted by molar-refractivity contribution is 5.89. The molecule has 0 saturated heterocycles. The molecule has 0 saturated carbocycles. The average Bonchev–Trinajstić information content (AvgIpc) is 2.54. The zero-order chi connectivity index (χ0) is 17.5. The lowest BCUT2D eigenvalue weighted by molar-refractivity contribution is 0.278. The number of hydrogen-bond donors (Lipinski definition) is 1. The van der Waals surface area contributed by atoms with Gasteiger partial charge in [0.1, 0.15) is 0 Å². The molecule has 2 aromatic carbocycles. The summed E-state index contributed by atoms with van der Waals surface area (Å²) in [7, 11) is 0. The van der Waals surface area contributed by atoms with E-state index in [1.807, 2.05) is 0 Å². The van der Waals surface area contributed by atoms with Crippen LogP contribution in [0.3, 0.4) is 0 Å². The highest BCUT2D eigenvalue weighted by Crippen LogP contribution is 2.30. The summed E-state index contributed by atoms with van der Waals surface area (Å²) in [4.78, 5) is 4.73. The topological polar surface area (TPSA) is 33.1 Å². The van der Waals surface area contributed by atoms with Gasteiger partial charge in [-0.25, -0.2) is 4.98 Å². The lowest BCUT2D eigenvalue weighted by atomic mass is 9.86. The summed E-state index contributed by atoms with van der Waals surface area (Å²) >= 11 is 0. The second kappa shape index (κ2) is 6.03. The summed E-state index contributed by atoms with van der Waals surface area (Å²) in [5, 5.41) is 12.0. The number of pyridine rings is 1. The van der Waals surface area contributed by atoms with Gasteiger partial charge in [0.05, 0.1) is 18.0 Å². The van der Waals surface area contributed by atoms with Crippen LogP contribution in [0.5, 0.6) is 0 Å². The summed E-state index contributed by atoms with van der Waals surface area (Å²) < 4.78 is 0. The number of nitrogens with zero attached hydrogens (tertiary/aromatic N) is 1. The van der Waals surface area contributed by atoms with Gasteiger partial charge in [0.25, 0.3) is 0 Å².